The number of ether oxygens (including phenoxy) is 4. The van der Waals surface area contributed by atoms with Gasteiger partial charge in [-0.15, -0.1) is 0 Å². The fourth-order valence-corrected chi connectivity index (χ4v) is 8.62. The number of rotatable bonds is 9. The van der Waals surface area contributed by atoms with Crippen molar-refractivity contribution in [3.05, 3.63) is 71.3 Å². The van der Waals surface area contributed by atoms with Crippen LogP contribution in [-0.2, 0) is 28.5 Å². The van der Waals surface area contributed by atoms with Crippen molar-refractivity contribution in [1.29, 1.82) is 0 Å². The molecule has 3 fully saturated rings. The number of carbonyl (C=O) groups is 4. The minimum Gasteiger partial charge on any atom is -0.456 e. The molecule has 2 bridgehead atoms. The van der Waals surface area contributed by atoms with Crippen LogP contribution in [0.3, 0.4) is 0 Å². The van der Waals surface area contributed by atoms with E-state index in [0.29, 0.717) is 5.57 Å². The largest absolute Gasteiger partial charge is 0.456 e. The van der Waals surface area contributed by atoms with Crippen molar-refractivity contribution in [2.75, 3.05) is 13.2 Å². The molecule has 290 valence electrons. The molecule has 1 aromatic carbocycles. The summed E-state index contributed by atoms with van der Waals surface area (Å²) >= 11 is 0. The monoisotopic (exact) mass is 1180 g/mol. The van der Waals surface area contributed by atoms with E-state index in [2.05, 4.69) is 11.9 Å². The number of nitrogens with one attached hydrogen (secondary N) is 1. The Balaban J connectivity index is 0.00000392. The number of aliphatic hydroxyl groups is 5. The molecular weight excluding hydrogens is 1130 g/mol. The molecule has 1 heterocycles. The minimum absolute atomic E-state index is 0. The van der Waals surface area contributed by atoms with Crippen LogP contribution in [0.1, 0.15) is 64.7 Å². The van der Waals surface area contributed by atoms with Crippen LogP contribution in [0, 0.1) is 105 Å². The number of esters is 2. The summed E-state index contributed by atoms with van der Waals surface area (Å²) in [5.41, 5.74) is -6.87. The number of hydrogen-bond acceptors (Lipinski definition) is 13. The van der Waals surface area contributed by atoms with Gasteiger partial charge in [-0.3, -0.25) is 4.79 Å². The van der Waals surface area contributed by atoms with Crippen molar-refractivity contribution < 1.29 is 152 Å². The van der Waals surface area contributed by atoms with Gasteiger partial charge in [0.1, 0.15) is 36.1 Å². The van der Waals surface area contributed by atoms with Gasteiger partial charge in [0.05, 0.1) is 35.8 Å². The SMILES string of the molecule is C=CCOC(=O)N[C@@H](C=C(C)C)[C@@H](O)C(=O)O[C@H]1C[C@@]2(O)[C@@H](OC(=O)c3ccccc3)[C@@H]3[C@]4(O)CO[C@@H]4C[C@H](O)[C@@]3(C)C(=O)[C@H](O)C(=C1C)C2(C)C.[Ac].[Ac]. The standard InChI is InChI=1S/C38H49NO13.2Ac/c1-8-14-49-34(46)39-22(15-19(2)3)27(41)33(45)51-23-17-38(48)31(52-32(44)21-12-10-9-11-13-21)29-36(7,24(40)16-25-37(29,47)18-50-25)30(43)28(42)26(20(23)4)35(38,5)6;;/h8-13,15,22-25,27-29,31,40-42,47-48H,1,14,16-18H2,2-7H3,(H,39,46);;/t22-,23-,24-,25+,27+,28+,29-,31-,36+,37-,38+;;/m0../s1. The molecule has 1 amide bonds. The summed E-state index contributed by atoms with van der Waals surface area (Å²) in [6.45, 7) is 12.4. The van der Waals surface area contributed by atoms with Crippen molar-refractivity contribution in [1.82, 2.24) is 5.32 Å². The van der Waals surface area contributed by atoms with E-state index in [4.69, 9.17) is 18.9 Å². The molecule has 11 atom stereocenters. The Kier molecular flexibility index (Phi) is 15.6. The first-order valence-corrected chi connectivity index (χ1v) is 17.3. The van der Waals surface area contributed by atoms with Crippen molar-refractivity contribution in [2.24, 2.45) is 16.7 Å². The number of alkyl carbamates (subject to hydrolysis) is 1. The molecule has 2 saturated carbocycles. The van der Waals surface area contributed by atoms with Crippen LogP contribution >= 0.6 is 0 Å². The molecule has 0 spiro atoms. The summed E-state index contributed by atoms with van der Waals surface area (Å²) in [5.74, 6) is -4.54. The third-order valence-corrected chi connectivity index (χ3v) is 11.6. The number of ketones is 1. The predicted molar refractivity (Wildman–Crippen MR) is 183 cm³/mol. The van der Waals surface area contributed by atoms with Gasteiger partial charge in [-0.25, -0.2) is 14.4 Å². The number of amides is 1. The van der Waals surface area contributed by atoms with E-state index in [1.165, 1.54) is 38.1 Å². The summed E-state index contributed by atoms with van der Waals surface area (Å²) in [5, 5.41) is 62.4. The summed E-state index contributed by atoms with van der Waals surface area (Å²) in [7, 11) is 0. The van der Waals surface area contributed by atoms with Crippen LogP contribution in [0.4, 0.5) is 4.79 Å². The van der Waals surface area contributed by atoms with Gasteiger partial charge in [-0.2, -0.15) is 0 Å². The normalized spacial score (nSPS) is 34.5. The van der Waals surface area contributed by atoms with Gasteiger partial charge < -0.3 is 49.8 Å². The van der Waals surface area contributed by atoms with Crippen LogP contribution in [0.2, 0.25) is 0 Å². The van der Waals surface area contributed by atoms with Crippen molar-refractivity contribution in [3.63, 3.8) is 0 Å². The van der Waals surface area contributed by atoms with E-state index in [9.17, 15) is 44.7 Å². The third kappa shape index (κ3) is 8.15. The van der Waals surface area contributed by atoms with Crippen LogP contribution in [-0.4, -0.2) is 116 Å². The zero-order chi connectivity index (χ0) is 38.6. The second kappa shape index (κ2) is 17.8. The fraction of sp³-hybridized carbons (Fsp3) is 0.579. The maximum absolute atomic E-state index is 14.6. The topological polar surface area (TPSA) is 218 Å². The maximum atomic E-state index is 14.6. The molecule has 1 aromatic rings. The molecule has 1 aliphatic heterocycles. The molecule has 5 rings (SSSR count). The van der Waals surface area contributed by atoms with E-state index in [1.54, 1.807) is 45.9 Å². The molecule has 3 aliphatic carbocycles. The van der Waals surface area contributed by atoms with Gasteiger partial charge in [0.25, 0.3) is 0 Å². The Labute approximate surface area is 386 Å². The molecule has 1 saturated heterocycles. The quantitative estimate of drug-likeness (QED) is 0.118. The second-order valence-electron chi connectivity index (χ2n) is 15.3. The van der Waals surface area contributed by atoms with Crippen LogP contribution in [0.15, 0.2) is 65.8 Å². The molecule has 4 aliphatic rings. The van der Waals surface area contributed by atoms with Crippen LogP contribution in [0.25, 0.3) is 0 Å². The Hall–Kier alpha value is -1.04. The first-order valence-electron chi connectivity index (χ1n) is 17.3. The molecule has 0 unspecified atom stereocenters. The Bertz CT molecular complexity index is 1680. The number of allylic oxidation sites excluding steroid dienone is 1. The smallest absolute Gasteiger partial charge is 0.408 e. The Morgan fingerprint density at radius 3 is 2.26 bits per heavy atom. The first-order chi connectivity index (χ1) is 24.2. The average molecular weight is 1180 g/mol. The van der Waals surface area contributed by atoms with Crippen molar-refractivity contribution >= 4 is 23.8 Å². The predicted octanol–water partition coefficient (Wildman–Crippen LogP) is 1.67. The van der Waals surface area contributed by atoms with E-state index in [0.717, 1.165) is 0 Å². The summed E-state index contributed by atoms with van der Waals surface area (Å²) in [6, 6.07) is 6.56. The molecule has 6 N–H and O–H groups in total. The Morgan fingerprint density at radius 1 is 1.07 bits per heavy atom. The molecule has 14 nitrogen and oxygen atoms in total. The fourth-order valence-electron chi connectivity index (χ4n) is 8.62. The first kappa shape index (κ1) is 47.3. The number of benzene rings is 1. The number of carbonyl (C=O) groups excluding carboxylic acids is 4. The minimum atomic E-state index is -2.30. The summed E-state index contributed by atoms with van der Waals surface area (Å²) < 4.78 is 22.6. The molecular formula is C38H49Ac2NO13. The van der Waals surface area contributed by atoms with E-state index >= 15 is 0 Å². The number of hydrogen-bond donors (Lipinski definition) is 6. The zero-order valence-electron chi connectivity index (χ0n) is 31.4. The van der Waals surface area contributed by atoms with Gasteiger partial charge in [0, 0.05) is 112 Å². The van der Waals surface area contributed by atoms with Crippen molar-refractivity contribution in [2.45, 2.75) is 108 Å². The summed E-state index contributed by atoms with van der Waals surface area (Å²) in [4.78, 5) is 54.5. The maximum Gasteiger partial charge on any atom is 0.408 e. The van der Waals surface area contributed by atoms with E-state index in [-0.39, 0.29) is 124 Å². The zero-order valence-corrected chi connectivity index (χ0v) is 40.8. The van der Waals surface area contributed by atoms with Crippen LogP contribution < -0.4 is 5.32 Å². The van der Waals surface area contributed by atoms with Crippen molar-refractivity contribution in [3.8, 4) is 0 Å². The van der Waals surface area contributed by atoms with Gasteiger partial charge in [-0.05, 0) is 51.0 Å². The second-order valence-corrected chi connectivity index (χ2v) is 15.3. The van der Waals surface area contributed by atoms with Gasteiger partial charge in [-0.1, -0.05) is 56.4 Å². The summed E-state index contributed by atoms with van der Waals surface area (Å²) in [6.07, 6.45) is -8.45. The molecule has 54 heavy (non-hydrogen) atoms. The van der Waals surface area contributed by atoms with E-state index < -0.39 is 101 Å². The molecule has 0 aromatic heterocycles. The van der Waals surface area contributed by atoms with Gasteiger partial charge in [0.15, 0.2) is 11.9 Å². The number of fused-ring (bicyclic) bond motifs is 5. The van der Waals surface area contributed by atoms with Crippen LogP contribution in [0.5, 0.6) is 0 Å². The Morgan fingerprint density at radius 2 is 1.70 bits per heavy atom. The average Bonchev–Trinajstić information content (AvgIpc) is 3.08. The molecule has 2 radical (unpaired) electrons. The van der Waals surface area contributed by atoms with E-state index in [1.807, 2.05) is 0 Å². The number of Topliss-reactive ketones (excluding diaryl/α,β-unsaturated/α-hetero) is 1. The van der Waals surface area contributed by atoms with Gasteiger partial charge in [0.2, 0.25) is 0 Å². The molecule has 16 heteroatoms. The van der Waals surface area contributed by atoms with Gasteiger partial charge >= 0.3 is 18.0 Å². The third-order valence-electron chi connectivity index (χ3n) is 11.6. The number of aliphatic hydroxyl groups excluding tert-OH is 3.